The summed E-state index contributed by atoms with van der Waals surface area (Å²) in [5.74, 6) is -1.81. The molecule has 31 heavy (non-hydrogen) atoms. The van der Waals surface area contributed by atoms with Crippen molar-refractivity contribution >= 4 is 34.5 Å². The first-order chi connectivity index (χ1) is 14.9. The molecule has 8 heteroatoms. The second kappa shape index (κ2) is 12.3. The number of rotatable bonds is 11. The second-order valence-corrected chi connectivity index (χ2v) is 7.78. The first-order valence-electron chi connectivity index (χ1n) is 9.45. The van der Waals surface area contributed by atoms with Gasteiger partial charge in [-0.1, -0.05) is 72.8 Å². The van der Waals surface area contributed by atoms with Crippen LogP contribution < -0.4 is 4.72 Å². The average Bonchev–Trinajstić information content (AvgIpc) is 2.77. The van der Waals surface area contributed by atoms with Gasteiger partial charge in [0, 0.05) is 12.5 Å². The highest BCUT2D eigenvalue weighted by Crippen LogP contribution is 2.10. The van der Waals surface area contributed by atoms with E-state index in [0.717, 1.165) is 11.1 Å². The van der Waals surface area contributed by atoms with Gasteiger partial charge in [-0.3, -0.25) is 4.79 Å². The average molecular weight is 438 g/mol. The Bertz CT molecular complexity index is 1030. The summed E-state index contributed by atoms with van der Waals surface area (Å²) >= 11 is 0. The summed E-state index contributed by atoms with van der Waals surface area (Å²) in [7, 11) is -1.61. The molecule has 7 nitrogen and oxygen atoms in total. The fourth-order valence-corrected chi connectivity index (χ4v) is 3.47. The molecule has 0 aliphatic carbocycles. The van der Waals surface area contributed by atoms with Crippen LogP contribution in [0.25, 0.3) is 11.6 Å². The van der Waals surface area contributed by atoms with E-state index in [1.54, 1.807) is 24.3 Å². The van der Waals surface area contributed by atoms with Crippen LogP contribution in [0.2, 0.25) is 0 Å². The zero-order chi connectivity index (χ0) is 22.6. The van der Waals surface area contributed by atoms with Crippen LogP contribution in [-0.2, 0) is 25.3 Å². The summed E-state index contributed by atoms with van der Waals surface area (Å²) in [6, 6.07) is 15.8. The van der Waals surface area contributed by atoms with Gasteiger partial charge >= 0.3 is 11.7 Å². The maximum absolute atomic E-state index is 12.7. The van der Waals surface area contributed by atoms with Gasteiger partial charge in [-0.05, 0) is 24.6 Å². The molecule has 0 radical (unpaired) electrons. The number of aryl methyl sites for hydroxylation is 1. The van der Waals surface area contributed by atoms with Gasteiger partial charge in [0.15, 0.2) is 0 Å². The lowest BCUT2D eigenvalue weighted by Gasteiger charge is -2.13. The molecule has 1 unspecified atom stereocenters. The van der Waals surface area contributed by atoms with Crippen LogP contribution in [0.1, 0.15) is 17.5 Å². The third kappa shape index (κ3) is 7.71. The largest absolute Gasteiger partial charge is 0.453 e. The van der Waals surface area contributed by atoms with Gasteiger partial charge < -0.3 is 10.3 Å². The fraction of sp³-hybridized carbons (Fsp3) is 0.174. The van der Waals surface area contributed by atoms with Gasteiger partial charge in [0.2, 0.25) is 0 Å². The Morgan fingerprint density at radius 2 is 1.87 bits per heavy atom. The van der Waals surface area contributed by atoms with Gasteiger partial charge in [0.05, 0.1) is 4.90 Å². The Kier molecular flexibility index (Phi) is 9.45. The molecule has 0 saturated carbocycles. The molecule has 0 heterocycles. The van der Waals surface area contributed by atoms with Crippen molar-refractivity contribution in [2.45, 2.75) is 24.3 Å². The minimum Gasteiger partial charge on any atom is -0.453 e. The molecule has 0 saturated heterocycles. The zero-order valence-electron chi connectivity index (χ0n) is 17.1. The monoisotopic (exact) mass is 437 g/mol. The summed E-state index contributed by atoms with van der Waals surface area (Å²) in [4.78, 5) is 27.8. The molecule has 0 bridgehead atoms. The smallest absolute Gasteiger partial charge is 0.441 e. The first kappa shape index (κ1) is 23.8. The quantitative estimate of drug-likeness (QED) is 0.145. The second-order valence-electron chi connectivity index (χ2n) is 6.54. The van der Waals surface area contributed by atoms with Crippen molar-refractivity contribution in [2.75, 3.05) is 6.61 Å². The molecule has 2 rings (SSSR count). The lowest BCUT2D eigenvalue weighted by molar-refractivity contribution is -0.141. The van der Waals surface area contributed by atoms with Gasteiger partial charge in [0.1, 0.15) is 17.6 Å². The number of benzene rings is 2. The molecule has 0 aliphatic heterocycles. The summed E-state index contributed by atoms with van der Waals surface area (Å²) in [5.41, 5.74) is 10.3. The molecule has 0 spiro atoms. The predicted octanol–water partition coefficient (Wildman–Crippen LogP) is 3.05. The lowest BCUT2D eigenvalue weighted by atomic mass is 10.1. The van der Waals surface area contributed by atoms with Gasteiger partial charge in [-0.2, -0.15) is 4.79 Å². The van der Waals surface area contributed by atoms with E-state index in [1.165, 1.54) is 6.08 Å². The third-order valence-electron chi connectivity index (χ3n) is 4.11. The summed E-state index contributed by atoms with van der Waals surface area (Å²) in [6.45, 7) is 5.21. The topological polar surface area (TPSA) is 109 Å². The van der Waals surface area contributed by atoms with Gasteiger partial charge in [0.25, 0.3) is 5.78 Å². The highest BCUT2D eigenvalue weighted by Gasteiger charge is 2.32. The summed E-state index contributed by atoms with van der Waals surface area (Å²) < 4.78 is 20.4. The number of nitrogens with one attached hydrogen (secondary N) is 1. The summed E-state index contributed by atoms with van der Waals surface area (Å²) in [5, 5.41) is 0. The minimum atomic E-state index is -1.61. The SMILES string of the molecule is C=CCOC(=O)C(=[N+]=[N-])C(=O)C[C@H](/C=C/c1ccccc1)NS(=O)c1ccc(C)cc1. The number of ether oxygens (including phenoxy) is 1. The number of hydrogen-bond acceptors (Lipinski definition) is 4. The summed E-state index contributed by atoms with van der Waals surface area (Å²) in [6.07, 6.45) is 4.49. The standard InChI is InChI=1S/C23H23N3O4S/c1-3-15-30-23(28)22(25-24)21(27)16-19(12-11-18-7-5-4-6-8-18)26-31(29)20-13-9-17(2)10-14-20/h3-14,19,26H,1,15-16H2,2H3/b12-11+/t19-,31?/m0/s1. The van der Waals surface area contributed by atoms with E-state index in [4.69, 9.17) is 10.3 Å². The van der Waals surface area contributed by atoms with Crippen LogP contribution in [0, 0.1) is 6.92 Å². The number of ketones is 1. The lowest BCUT2D eigenvalue weighted by Crippen LogP contribution is -2.36. The Labute approximate surface area is 183 Å². The molecule has 2 aromatic carbocycles. The number of carbonyl (C=O) groups excluding carboxylic acids is 2. The van der Waals surface area contributed by atoms with E-state index in [-0.39, 0.29) is 13.0 Å². The predicted molar refractivity (Wildman–Crippen MR) is 119 cm³/mol. The van der Waals surface area contributed by atoms with E-state index in [0.29, 0.717) is 4.90 Å². The number of carbonyl (C=O) groups is 2. The first-order valence-corrected chi connectivity index (χ1v) is 10.6. The maximum Gasteiger partial charge on any atom is 0.441 e. The molecule has 0 aliphatic rings. The van der Waals surface area contributed by atoms with Crippen LogP contribution in [0.3, 0.4) is 0 Å². The normalized spacial score (nSPS) is 12.5. The Morgan fingerprint density at radius 3 is 2.48 bits per heavy atom. The zero-order valence-corrected chi connectivity index (χ0v) is 17.9. The van der Waals surface area contributed by atoms with Crippen LogP contribution in [-0.4, -0.2) is 39.1 Å². The fourth-order valence-electron chi connectivity index (χ4n) is 2.52. The molecular weight excluding hydrogens is 414 g/mol. The molecule has 2 aromatic rings. The molecular formula is C23H23N3O4S. The Balaban J connectivity index is 2.20. The Hall–Kier alpha value is -3.45. The number of nitrogens with zero attached hydrogens (tertiary/aromatic N) is 2. The van der Waals surface area contributed by atoms with Crippen LogP contribution in [0.5, 0.6) is 0 Å². The minimum absolute atomic E-state index is 0.127. The van der Waals surface area contributed by atoms with Crippen molar-refractivity contribution in [1.29, 1.82) is 0 Å². The van der Waals surface area contributed by atoms with Crippen molar-refractivity contribution in [1.82, 2.24) is 4.72 Å². The molecule has 0 amide bonds. The van der Waals surface area contributed by atoms with Crippen LogP contribution in [0.4, 0.5) is 0 Å². The van der Waals surface area contributed by atoms with Crippen molar-refractivity contribution in [2.24, 2.45) is 0 Å². The highest BCUT2D eigenvalue weighted by molar-refractivity contribution is 7.83. The highest BCUT2D eigenvalue weighted by atomic mass is 32.2. The van der Waals surface area contributed by atoms with E-state index < -0.39 is 34.5 Å². The molecule has 1 N–H and O–H groups in total. The third-order valence-corrected chi connectivity index (χ3v) is 5.33. The van der Waals surface area contributed by atoms with Crippen molar-refractivity contribution < 1.29 is 23.3 Å². The molecule has 0 fully saturated rings. The molecule has 160 valence electrons. The van der Waals surface area contributed by atoms with Crippen LogP contribution >= 0.6 is 0 Å². The van der Waals surface area contributed by atoms with Gasteiger partial charge in [-0.15, -0.1) is 0 Å². The van der Waals surface area contributed by atoms with E-state index >= 15 is 0 Å². The molecule has 2 atom stereocenters. The van der Waals surface area contributed by atoms with E-state index in [1.807, 2.05) is 49.4 Å². The van der Waals surface area contributed by atoms with E-state index in [2.05, 4.69) is 16.1 Å². The number of esters is 1. The van der Waals surface area contributed by atoms with Crippen molar-refractivity contribution in [3.63, 3.8) is 0 Å². The Morgan fingerprint density at radius 1 is 1.19 bits per heavy atom. The van der Waals surface area contributed by atoms with Crippen molar-refractivity contribution in [3.8, 4) is 0 Å². The maximum atomic E-state index is 12.7. The van der Waals surface area contributed by atoms with Gasteiger partial charge in [-0.25, -0.2) is 13.7 Å². The van der Waals surface area contributed by atoms with Crippen molar-refractivity contribution in [3.05, 3.63) is 90.0 Å². The van der Waals surface area contributed by atoms with Crippen LogP contribution in [0.15, 0.2) is 78.2 Å². The number of hydrogen-bond donors (Lipinski definition) is 1. The number of Topliss-reactive ketones (excluding diaryl/α,β-unsaturated/α-hetero) is 1. The van der Waals surface area contributed by atoms with E-state index in [9.17, 15) is 13.8 Å². The molecule has 0 aromatic heterocycles.